The Morgan fingerprint density at radius 1 is 1.17 bits per heavy atom. The van der Waals surface area contributed by atoms with E-state index >= 15 is 0 Å². The molecule has 0 saturated carbocycles. The van der Waals surface area contributed by atoms with Crippen LogP contribution in [0.4, 0.5) is 0 Å². The number of halogens is 1. The van der Waals surface area contributed by atoms with Crippen LogP contribution >= 0.6 is 11.6 Å². The van der Waals surface area contributed by atoms with Gasteiger partial charge in [-0.25, -0.2) is 0 Å². The first-order valence-corrected chi connectivity index (χ1v) is 8.06. The van der Waals surface area contributed by atoms with Crippen molar-refractivity contribution in [3.8, 4) is 0 Å². The molecule has 0 radical (unpaired) electrons. The van der Waals surface area contributed by atoms with E-state index in [1.54, 1.807) is 24.3 Å². The lowest BCUT2D eigenvalue weighted by atomic mass is 9.79. The Morgan fingerprint density at radius 2 is 1.83 bits per heavy atom. The van der Waals surface area contributed by atoms with Crippen LogP contribution in [0.25, 0.3) is 0 Å². The van der Waals surface area contributed by atoms with Crippen LogP contribution < -0.4 is 16.4 Å². The molecule has 2 amide bonds. The Hall–Kier alpha value is -1.63. The van der Waals surface area contributed by atoms with Crippen molar-refractivity contribution in [1.29, 1.82) is 0 Å². The fraction of sp³-hybridized carbons (Fsp3) is 0.500. The minimum absolute atomic E-state index is 0.0738. The molecule has 1 heterocycles. The summed E-state index contributed by atoms with van der Waals surface area (Å²) in [5.74, 6) is -0.334. The Labute approximate surface area is 140 Å². The topological polar surface area (TPSA) is 93.5 Å². The highest BCUT2D eigenvalue weighted by Crippen LogP contribution is 2.29. The van der Waals surface area contributed by atoms with Gasteiger partial charge in [-0.1, -0.05) is 23.7 Å². The molecular formula is C16H22ClN3O3. The predicted molar refractivity (Wildman–Crippen MR) is 88.3 cm³/mol. The van der Waals surface area contributed by atoms with E-state index in [4.69, 9.17) is 22.1 Å². The number of carbonyl (C=O) groups excluding carboxylic acids is 2. The number of rotatable bonds is 6. The van der Waals surface area contributed by atoms with Crippen LogP contribution in [0.1, 0.15) is 23.2 Å². The number of ether oxygens (including phenoxy) is 1. The highest BCUT2D eigenvalue weighted by atomic mass is 35.5. The molecule has 6 nitrogen and oxygen atoms in total. The summed E-state index contributed by atoms with van der Waals surface area (Å²) in [6.07, 6.45) is 1.25. The molecule has 0 spiro atoms. The molecule has 1 aromatic carbocycles. The van der Waals surface area contributed by atoms with Crippen LogP contribution in [0, 0.1) is 5.41 Å². The SMILES string of the molecule is NCC1(C(=O)NCCNC(=O)c2ccccc2Cl)CCOCC1. The fourth-order valence-electron chi connectivity index (χ4n) is 2.57. The van der Waals surface area contributed by atoms with Crippen LogP contribution in [-0.4, -0.2) is 44.7 Å². The highest BCUT2D eigenvalue weighted by Gasteiger charge is 2.38. The molecule has 0 unspecified atom stereocenters. The molecule has 0 bridgehead atoms. The molecule has 2 rings (SSSR count). The molecule has 1 aliphatic heterocycles. The molecule has 0 atom stereocenters. The van der Waals surface area contributed by atoms with E-state index in [1.165, 1.54) is 0 Å². The van der Waals surface area contributed by atoms with Crippen LogP contribution in [0.15, 0.2) is 24.3 Å². The van der Waals surface area contributed by atoms with Crippen LogP contribution in [0.3, 0.4) is 0 Å². The van der Waals surface area contributed by atoms with Gasteiger partial charge in [0.2, 0.25) is 5.91 Å². The van der Waals surface area contributed by atoms with Gasteiger partial charge in [0.25, 0.3) is 5.91 Å². The summed E-state index contributed by atoms with van der Waals surface area (Å²) in [5, 5.41) is 5.98. The Morgan fingerprint density at radius 3 is 2.48 bits per heavy atom. The molecular weight excluding hydrogens is 318 g/mol. The zero-order valence-electron chi connectivity index (χ0n) is 12.9. The fourth-order valence-corrected chi connectivity index (χ4v) is 2.79. The Bertz CT molecular complexity index is 559. The highest BCUT2D eigenvalue weighted by molar-refractivity contribution is 6.33. The van der Waals surface area contributed by atoms with Gasteiger partial charge < -0.3 is 21.1 Å². The zero-order chi connectivity index (χ0) is 16.7. The van der Waals surface area contributed by atoms with E-state index in [2.05, 4.69) is 10.6 Å². The van der Waals surface area contributed by atoms with Gasteiger partial charge in [-0.2, -0.15) is 0 Å². The molecule has 0 aliphatic carbocycles. The van der Waals surface area contributed by atoms with E-state index in [9.17, 15) is 9.59 Å². The molecule has 126 valence electrons. The molecule has 7 heteroatoms. The maximum Gasteiger partial charge on any atom is 0.252 e. The summed E-state index contributed by atoms with van der Waals surface area (Å²) >= 11 is 5.96. The molecule has 23 heavy (non-hydrogen) atoms. The third-order valence-corrected chi connectivity index (χ3v) is 4.47. The van der Waals surface area contributed by atoms with Crippen molar-refractivity contribution >= 4 is 23.4 Å². The standard InChI is InChI=1S/C16H22ClN3O3/c17-13-4-2-1-3-12(13)14(21)19-7-8-20-15(22)16(11-18)5-9-23-10-6-16/h1-4H,5-11,18H2,(H,19,21)(H,20,22). The van der Waals surface area contributed by atoms with Crippen molar-refractivity contribution in [2.24, 2.45) is 11.1 Å². The summed E-state index contributed by atoms with van der Waals surface area (Å²) in [6, 6.07) is 6.83. The summed E-state index contributed by atoms with van der Waals surface area (Å²) in [7, 11) is 0. The van der Waals surface area contributed by atoms with Crippen LogP contribution in [0.2, 0.25) is 5.02 Å². The minimum Gasteiger partial charge on any atom is -0.381 e. The van der Waals surface area contributed by atoms with Gasteiger partial charge in [-0.05, 0) is 25.0 Å². The molecule has 4 N–H and O–H groups in total. The second-order valence-electron chi connectivity index (χ2n) is 5.59. The maximum absolute atomic E-state index is 12.3. The van der Waals surface area contributed by atoms with Crippen molar-refractivity contribution < 1.29 is 14.3 Å². The van der Waals surface area contributed by atoms with Gasteiger partial charge in [0.05, 0.1) is 16.0 Å². The number of hydrogen-bond donors (Lipinski definition) is 3. The zero-order valence-corrected chi connectivity index (χ0v) is 13.7. The average molecular weight is 340 g/mol. The summed E-state index contributed by atoms with van der Waals surface area (Å²) < 4.78 is 5.29. The lowest BCUT2D eigenvalue weighted by Gasteiger charge is -2.34. The molecule has 1 saturated heterocycles. The van der Waals surface area contributed by atoms with Crippen LogP contribution in [0.5, 0.6) is 0 Å². The number of hydrogen-bond acceptors (Lipinski definition) is 4. The first-order chi connectivity index (χ1) is 11.1. The molecule has 1 aromatic rings. The normalized spacial score (nSPS) is 16.6. The molecule has 1 fully saturated rings. The average Bonchev–Trinajstić information content (AvgIpc) is 2.59. The Kier molecular flexibility index (Phi) is 6.38. The Balaban J connectivity index is 1.77. The third kappa shape index (κ3) is 4.43. The van der Waals surface area contributed by atoms with Crippen molar-refractivity contribution in [1.82, 2.24) is 10.6 Å². The van der Waals surface area contributed by atoms with E-state index < -0.39 is 5.41 Å². The number of carbonyl (C=O) groups is 2. The van der Waals surface area contributed by atoms with E-state index in [-0.39, 0.29) is 11.8 Å². The summed E-state index contributed by atoms with van der Waals surface area (Å²) in [4.78, 5) is 24.3. The second-order valence-corrected chi connectivity index (χ2v) is 6.00. The van der Waals surface area contributed by atoms with Crippen molar-refractivity contribution in [3.63, 3.8) is 0 Å². The largest absolute Gasteiger partial charge is 0.381 e. The summed E-state index contributed by atoms with van der Waals surface area (Å²) in [5.41, 5.74) is 5.65. The quantitative estimate of drug-likeness (QED) is 0.672. The van der Waals surface area contributed by atoms with E-state index in [0.29, 0.717) is 56.3 Å². The van der Waals surface area contributed by atoms with Gasteiger partial charge in [0.1, 0.15) is 0 Å². The van der Waals surface area contributed by atoms with Crippen molar-refractivity contribution in [3.05, 3.63) is 34.9 Å². The number of nitrogens with two attached hydrogens (primary N) is 1. The van der Waals surface area contributed by atoms with Crippen molar-refractivity contribution in [2.45, 2.75) is 12.8 Å². The minimum atomic E-state index is -0.551. The van der Waals surface area contributed by atoms with Gasteiger partial charge in [0, 0.05) is 32.8 Å². The second kappa shape index (κ2) is 8.29. The predicted octanol–water partition coefficient (Wildman–Crippen LogP) is 0.942. The lowest BCUT2D eigenvalue weighted by molar-refractivity contribution is -0.135. The molecule has 1 aliphatic rings. The number of benzene rings is 1. The maximum atomic E-state index is 12.3. The van der Waals surface area contributed by atoms with Crippen LogP contribution in [-0.2, 0) is 9.53 Å². The first-order valence-electron chi connectivity index (χ1n) is 7.68. The van der Waals surface area contributed by atoms with Gasteiger partial charge in [-0.3, -0.25) is 9.59 Å². The number of amides is 2. The lowest BCUT2D eigenvalue weighted by Crippen LogP contribution is -2.50. The van der Waals surface area contributed by atoms with Gasteiger partial charge in [-0.15, -0.1) is 0 Å². The smallest absolute Gasteiger partial charge is 0.252 e. The summed E-state index contributed by atoms with van der Waals surface area (Å²) in [6.45, 7) is 2.07. The molecule has 0 aromatic heterocycles. The third-order valence-electron chi connectivity index (χ3n) is 4.14. The van der Waals surface area contributed by atoms with E-state index in [1.807, 2.05) is 0 Å². The number of nitrogens with one attached hydrogen (secondary N) is 2. The monoisotopic (exact) mass is 339 g/mol. The van der Waals surface area contributed by atoms with Gasteiger partial charge in [0.15, 0.2) is 0 Å². The van der Waals surface area contributed by atoms with Gasteiger partial charge >= 0.3 is 0 Å². The first kappa shape index (κ1) is 17.7. The van der Waals surface area contributed by atoms with E-state index in [0.717, 1.165) is 0 Å². The van der Waals surface area contributed by atoms with Crippen molar-refractivity contribution in [2.75, 3.05) is 32.8 Å².